The number of hydrogen-bond donors (Lipinski definition) is 1. The first-order valence-electron chi connectivity index (χ1n) is 17.0. The molecule has 5 aromatic rings. The number of aromatic nitrogens is 1. The average molecular weight is 843 g/mol. The zero-order valence-corrected chi connectivity index (χ0v) is 34.1. The molecule has 0 bridgehead atoms. The fourth-order valence-electron chi connectivity index (χ4n) is 6.26. The standard InChI is InChI=1S/C28H28NSSi.C13H24O2.Ir/c1-28(2,3)23-17-19(16-18-10-7-8-11-20(18)23)25-27-22(14-15-29-25)21-12-9-13-24(26(21)30-27)31(4,5)6;1-5-10(6-2)12(14)9-13(15)11(7-3)8-4;/h7-15,17H,1-6H3;9-11,14H,5-8H2,1-4H3;/q-1;;/b;12-9-;. The van der Waals surface area contributed by atoms with Gasteiger partial charge in [-0.3, -0.25) is 9.78 Å². The largest absolute Gasteiger partial charge is 0.512 e. The summed E-state index contributed by atoms with van der Waals surface area (Å²) in [6, 6.07) is 23.6. The van der Waals surface area contributed by atoms with Gasteiger partial charge in [-0.2, -0.15) is 0 Å². The van der Waals surface area contributed by atoms with Crippen LogP contribution >= 0.6 is 11.3 Å². The number of nitrogens with zero attached hydrogens (tertiary/aromatic N) is 1. The van der Waals surface area contributed by atoms with Crippen molar-refractivity contribution in [2.75, 3.05) is 0 Å². The smallest absolute Gasteiger partial charge is 0.162 e. The maximum absolute atomic E-state index is 11.7. The molecule has 6 heteroatoms. The number of aliphatic hydroxyl groups excluding tert-OH is 1. The molecule has 0 aliphatic carbocycles. The van der Waals surface area contributed by atoms with E-state index in [0.717, 1.165) is 42.3 Å². The number of pyridine rings is 1. The van der Waals surface area contributed by atoms with Crippen molar-refractivity contribution < 1.29 is 30.0 Å². The summed E-state index contributed by atoms with van der Waals surface area (Å²) in [5, 5.41) is 16.4. The summed E-state index contributed by atoms with van der Waals surface area (Å²) in [4.78, 5) is 16.6. The van der Waals surface area contributed by atoms with E-state index in [0.29, 0.717) is 0 Å². The Morgan fingerprint density at radius 1 is 0.872 bits per heavy atom. The number of thiophene rings is 1. The maximum Gasteiger partial charge on any atom is 0.162 e. The van der Waals surface area contributed by atoms with Crippen LogP contribution in [0.1, 0.15) is 79.7 Å². The molecule has 1 radical (unpaired) electrons. The second-order valence-corrected chi connectivity index (χ2v) is 20.5. The fraction of sp³-hybridized carbons (Fsp3) is 0.415. The van der Waals surface area contributed by atoms with Crippen LogP contribution in [-0.2, 0) is 30.3 Å². The summed E-state index contributed by atoms with van der Waals surface area (Å²) in [6.45, 7) is 22.2. The van der Waals surface area contributed by atoms with E-state index in [4.69, 9.17) is 4.98 Å². The predicted molar refractivity (Wildman–Crippen MR) is 204 cm³/mol. The minimum absolute atomic E-state index is 0. The Hall–Kier alpha value is -2.63. The number of rotatable bonds is 9. The number of ketones is 1. The first-order chi connectivity index (χ1) is 21.7. The second kappa shape index (κ2) is 16.2. The van der Waals surface area contributed by atoms with Gasteiger partial charge in [0.2, 0.25) is 0 Å². The Morgan fingerprint density at radius 3 is 2.06 bits per heavy atom. The summed E-state index contributed by atoms with van der Waals surface area (Å²) in [5.74, 6) is 0.547. The maximum atomic E-state index is 11.7. The van der Waals surface area contributed by atoms with E-state index in [2.05, 4.69) is 101 Å². The molecule has 253 valence electrons. The van der Waals surface area contributed by atoms with E-state index >= 15 is 0 Å². The third-order valence-corrected chi connectivity index (χ3v) is 12.6. The molecule has 2 heterocycles. The van der Waals surface area contributed by atoms with Crippen LogP contribution in [0.4, 0.5) is 0 Å². The van der Waals surface area contributed by atoms with E-state index in [1.807, 2.05) is 45.2 Å². The van der Waals surface area contributed by atoms with Crippen molar-refractivity contribution in [1.29, 1.82) is 0 Å². The van der Waals surface area contributed by atoms with Gasteiger partial charge in [0, 0.05) is 59.3 Å². The number of carbonyl (C=O) groups is 1. The molecule has 1 N–H and O–H groups in total. The van der Waals surface area contributed by atoms with E-state index in [-0.39, 0.29) is 48.9 Å². The van der Waals surface area contributed by atoms with Crippen molar-refractivity contribution in [2.45, 2.75) is 99.2 Å². The van der Waals surface area contributed by atoms with Gasteiger partial charge in [-0.15, -0.1) is 40.5 Å². The van der Waals surface area contributed by atoms with Crippen LogP contribution in [0, 0.1) is 17.9 Å². The van der Waals surface area contributed by atoms with Gasteiger partial charge in [0.05, 0.1) is 13.8 Å². The van der Waals surface area contributed by atoms with Crippen molar-refractivity contribution in [3.05, 3.63) is 84.3 Å². The monoisotopic (exact) mass is 843 g/mol. The van der Waals surface area contributed by atoms with Gasteiger partial charge in [-0.05, 0) is 53.1 Å². The van der Waals surface area contributed by atoms with E-state index in [1.165, 1.54) is 42.4 Å². The summed E-state index contributed by atoms with van der Waals surface area (Å²) in [6.07, 6.45) is 6.87. The second-order valence-electron chi connectivity index (χ2n) is 14.5. The molecule has 3 aromatic carbocycles. The molecule has 0 spiro atoms. The van der Waals surface area contributed by atoms with Crippen LogP contribution < -0.4 is 5.19 Å². The van der Waals surface area contributed by atoms with Crippen molar-refractivity contribution in [3.8, 4) is 11.3 Å². The van der Waals surface area contributed by atoms with Crippen LogP contribution in [0.2, 0.25) is 19.6 Å². The van der Waals surface area contributed by atoms with Gasteiger partial charge in [-0.1, -0.05) is 115 Å². The van der Waals surface area contributed by atoms with Gasteiger partial charge >= 0.3 is 0 Å². The molecule has 2 aromatic heterocycles. The first kappa shape index (κ1) is 38.8. The van der Waals surface area contributed by atoms with Gasteiger partial charge < -0.3 is 5.11 Å². The van der Waals surface area contributed by atoms with Crippen LogP contribution in [0.3, 0.4) is 0 Å². The average Bonchev–Trinajstić information content (AvgIpc) is 3.40. The third-order valence-electron chi connectivity index (χ3n) is 9.14. The molecule has 47 heavy (non-hydrogen) atoms. The molecular weight excluding hydrogens is 791 g/mol. The molecule has 0 unspecified atom stereocenters. The van der Waals surface area contributed by atoms with Gasteiger partial charge in [0.25, 0.3) is 0 Å². The number of fused-ring (bicyclic) bond motifs is 4. The van der Waals surface area contributed by atoms with Crippen LogP contribution in [0.15, 0.2) is 72.6 Å². The molecule has 3 nitrogen and oxygen atoms in total. The van der Waals surface area contributed by atoms with Gasteiger partial charge in [0.15, 0.2) is 5.78 Å². The predicted octanol–water partition coefficient (Wildman–Crippen LogP) is 11.8. The first-order valence-corrected chi connectivity index (χ1v) is 21.3. The molecule has 5 rings (SSSR count). The number of carbonyl (C=O) groups excluding carboxylic acids is 1. The van der Waals surface area contributed by atoms with Gasteiger partial charge in [0.1, 0.15) is 0 Å². The fourth-order valence-corrected chi connectivity index (χ4v) is 9.97. The minimum Gasteiger partial charge on any atom is -0.512 e. The Balaban J connectivity index is 0.000000322. The van der Waals surface area contributed by atoms with Crippen molar-refractivity contribution >= 4 is 61.3 Å². The quantitative estimate of drug-likeness (QED) is 0.0696. The third kappa shape index (κ3) is 8.70. The van der Waals surface area contributed by atoms with E-state index < -0.39 is 8.07 Å². The molecule has 0 amide bonds. The number of benzene rings is 3. The Morgan fingerprint density at radius 2 is 1.47 bits per heavy atom. The van der Waals surface area contributed by atoms with E-state index in [1.54, 1.807) is 0 Å². The van der Waals surface area contributed by atoms with Crippen molar-refractivity contribution in [3.63, 3.8) is 0 Å². The van der Waals surface area contributed by atoms with Crippen LogP contribution in [0.5, 0.6) is 0 Å². The topological polar surface area (TPSA) is 50.2 Å². The molecule has 0 aliphatic rings. The molecule has 0 aliphatic heterocycles. The zero-order chi connectivity index (χ0) is 33.8. The Bertz CT molecular complexity index is 1850. The summed E-state index contributed by atoms with van der Waals surface area (Å²) < 4.78 is 2.71. The Labute approximate surface area is 301 Å². The summed E-state index contributed by atoms with van der Waals surface area (Å²) in [5.41, 5.74) is 3.54. The zero-order valence-electron chi connectivity index (χ0n) is 29.9. The number of allylic oxidation sites excluding steroid dienone is 2. The Kier molecular flexibility index (Phi) is 13.4. The van der Waals surface area contributed by atoms with E-state index in [9.17, 15) is 9.90 Å². The normalized spacial score (nSPS) is 12.5. The number of hydrogen-bond acceptors (Lipinski definition) is 4. The molecule has 0 saturated heterocycles. The summed E-state index contributed by atoms with van der Waals surface area (Å²) >= 11 is 1.91. The van der Waals surface area contributed by atoms with Crippen molar-refractivity contribution in [1.82, 2.24) is 4.98 Å². The molecule has 0 atom stereocenters. The molecule has 0 saturated carbocycles. The van der Waals surface area contributed by atoms with Gasteiger partial charge in [-0.25, -0.2) is 0 Å². The number of aliphatic hydroxyl groups is 1. The SMILES string of the molecule is CC(C)(C)c1cc(-c2nccc3c2sc2c([Si](C)(C)C)cccc23)[c-]c2ccccc12.CCC(CC)C(=O)/C=C(\O)C(CC)CC.[Ir]. The molecular formula is C41H52IrNO2SSi-. The van der Waals surface area contributed by atoms with Crippen LogP contribution in [-0.4, -0.2) is 23.9 Å². The van der Waals surface area contributed by atoms with Crippen LogP contribution in [0.25, 0.3) is 42.2 Å². The molecule has 0 fully saturated rings. The minimum atomic E-state index is -1.45. The van der Waals surface area contributed by atoms with Crippen molar-refractivity contribution in [2.24, 2.45) is 11.8 Å². The summed E-state index contributed by atoms with van der Waals surface area (Å²) in [7, 11) is -1.45.